The number of carbonyl (C=O) groups is 2. The van der Waals surface area contributed by atoms with Crippen LogP contribution in [-0.4, -0.2) is 48.6 Å². The first-order valence-electron chi connectivity index (χ1n) is 9.83. The van der Waals surface area contributed by atoms with E-state index in [1.165, 1.54) is 0 Å². The van der Waals surface area contributed by atoms with Gasteiger partial charge in [0.15, 0.2) is 0 Å². The van der Waals surface area contributed by atoms with E-state index in [1.54, 1.807) is 42.2 Å². The van der Waals surface area contributed by atoms with Crippen molar-refractivity contribution >= 4 is 27.7 Å². The van der Waals surface area contributed by atoms with Gasteiger partial charge >= 0.3 is 5.97 Å². The first-order chi connectivity index (χ1) is 15.2. The molecule has 0 unspecified atom stereocenters. The minimum absolute atomic E-state index is 0.0673. The highest BCUT2D eigenvalue weighted by Gasteiger charge is 2.37. The standard InChI is InChI=1S/C21H22N4O6S/c1-2-15-16(8-22)19(23-17(11-26)18(15)21(28)29)25-9-14(10-25)20(27)24-32(30,31)12-13-6-4-3-5-7-13/h3-7,14,26H,2,9-12H2,1H3,(H,24,27)(H,28,29). The molecule has 0 aliphatic carbocycles. The second-order valence-corrected chi connectivity index (χ2v) is 9.07. The zero-order valence-corrected chi connectivity index (χ0v) is 18.1. The number of nitrogens with zero attached hydrogens (tertiary/aromatic N) is 3. The smallest absolute Gasteiger partial charge is 0.337 e. The highest BCUT2D eigenvalue weighted by molar-refractivity contribution is 7.89. The zero-order chi connectivity index (χ0) is 23.5. The third-order valence-corrected chi connectivity index (χ3v) is 6.42. The number of hydrogen-bond donors (Lipinski definition) is 3. The molecule has 3 rings (SSSR count). The SMILES string of the molecule is CCc1c(C#N)c(N2CC(C(=O)NS(=O)(=O)Cc3ccccc3)C2)nc(CO)c1C(=O)O. The van der Waals surface area contributed by atoms with Crippen LogP contribution in [-0.2, 0) is 33.6 Å². The Morgan fingerprint density at radius 1 is 1.28 bits per heavy atom. The number of rotatable bonds is 8. The molecular weight excluding hydrogens is 436 g/mol. The van der Waals surface area contributed by atoms with Gasteiger partial charge in [0, 0.05) is 13.1 Å². The number of hydrogen-bond acceptors (Lipinski definition) is 8. The average molecular weight is 458 g/mol. The molecule has 0 saturated carbocycles. The highest BCUT2D eigenvalue weighted by Crippen LogP contribution is 2.32. The molecule has 1 saturated heterocycles. The van der Waals surface area contributed by atoms with Gasteiger partial charge in [-0.2, -0.15) is 5.26 Å². The van der Waals surface area contributed by atoms with Crippen molar-refractivity contribution in [3.05, 3.63) is 58.3 Å². The van der Waals surface area contributed by atoms with Crippen LogP contribution in [0, 0.1) is 17.2 Å². The number of aliphatic hydroxyl groups is 1. The number of amides is 1. The van der Waals surface area contributed by atoms with Gasteiger partial charge in [0.1, 0.15) is 11.9 Å². The van der Waals surface area contributed by atoms with Crippen molar-refractivity contribution in [2.45, 2.75) is 25.7 Å². The Balaban J connectivity index is 1.75. The third kappa shape index (κ3) is 4.71. The predicted molar refractivity (Wildman–Crippen MR) is 114 cm³/mol. The Kier molecular flexibility index (Phi) is 6.76. The fraction of sp³-hybridized carbons (Fsp3) is 0.333. The molecular formula is C21H22N4O6S. The molecule has 3 N–H and O–H groups in total. The van der Waals surface area contributed by atoms with Crippen LogP contribution in [0.2, 0.25) is 0 Å². The highest BCUT2D eigenvalue weighted by atomic mass is 32.2. The van der Waals surface area contributed by atoms with Crippen LogP contribution in [0.4, 0.5) is 5.82 Å². The number of sulfonamides is 1. The summed E-state index contributed by atoms with van der Waals surface area (Å²) in [4.78, 5) is 29.8. The molecule has 11 heteroatoms. The van der Waals surface area contributed by atoms with Gasteiger partial charge in [-0.1, -0.05) is 37.3 Å². The van der Waals surface area contributed by atoms with Crippen LogP contribution in [0.15, 0.2) is 30.3 Å². The van der Waals surface area contributed by atoms with Gasteiger partial charge in [-0.15, -0.1) is 0 Å². The van der Waals surface area contributed by atoms with Gasteiger partial charge in [-0.3, -0.25) is 9.52 Å². The second kappa shape index (κ2) is 9.33. The molecule has 1 aliphatic rings. The van der Waals surface area contributed by atoms with Crippen molar-refractivity contribution in [2.24, 2.45) is 5.92 Å². The van der Waals surface area contributed by atoms with Crippen LogP contribution in [0.1, 0.15) is 39.7 Å². The van der Waals surface area contributed by atoms with Crippen LogP contribution >= 0.6 is 0 Å². The van der Waals surface area contributed by atoms with E-state index >= 15 is 0 Å². The number of aromatic nitrogens is 1. The number of carbonyl (C=O) groups excluding carboxylic acids is 1. The maximum atomic E-state index is 12.4. The molecule has 0 radical (unpaired) electrons. The van der Waals surface area contributed by atoms with Gasteiger partial charge in [0.25, 0.3) is 0 Å². The summed E-state index contributed by atoms with van der Waals surface area (Å²) in [6.07, 6.45) is 0.239. The lowest BCUT2D eigenvalue weighted by atomic mass is 9.94. The quantitative estimate of drug-likeness (QED) is 0.519. The minimum atomic E-state index is -3.87. The maximum Gasteiger partial charge on any atom is 0.337 e. The Morgan fingerprint density at radius 3 is 2.47 bits per heavy atom. The lowest BCUT2D eigenvalue weighted by Crippen LogP contribution is -2.55. The molecule has 1 fully saturated rings. The summed E-state index contributed by atoms with van der Waals surface area (Å²) in [5.41, 5.74) is 0.608. The third-order valence-electron chi connectivity index (χ3n) is 5.19. The fourth-order valence-electron chi connectivity index (χ4n) is 3.62. The number of nitriles is 1. The maximum absolute atomic E-state index is 12.4. The molecule has 1 aromatic carbocycles. The van der Waals surface area contributed by atoms with E-state index in [2.05, 4.69) is 9.71 Å². The van der Waals surface area contributed by atoms with Crippen molar-refractivity contribution in [1.82, 2.24) is 9.71 Å². The van der Waals surface area contributed by atoms with Crippen LogP contribution in [0.25, 0.3) is 0 Å². The second-order valence-electron chi connectivity index (χ2n) is 7.35. The average Bonchev–Trinajstić information content (AvgIpc) is 2.71. The van der Waals surface area contributed by atoms with Crippen LogP contribution in [0.3, 0.4) is 0 Å². The number of carboxylic acids is 1. The molecule has 2 aromatic rings. The molecule has 0 bridgehead atoms. The van der Waals surface area contributed by atoms with E-state index in [9.17, 15) is 33.5 Å². The Labute approximate surface area is 185 Å². The molecule has 1 amide bonds. The summed E-state index contributed by atoms with van der Waals surface area (Å²) in [7, 11) is -3.87. The number of aliphatic hydroxyl groups excluding tert-OH is 1. The minimum Gasteiger partial charge on any atom is -0.478 e. The van der Waals surface area contributed by atoms with Gasteiger partial charge in [-0.25, -0.2) is 18.2 Å². The van der Waals surface area contributed by atoms with Crippen molar-refractivity contribution in [2.75, 3.05) is 18.0 Å². The van der Waals surface area contributed by atoms with E-state index < -0.39 is 34.4 Å². The molecule has 168 valence electrons. The van der Waals surface area contributed by atoms with Gasteiger partial charge in [0.05, 0.1) is 35.1 Å². The Hall–Kier alpha value is -3.49. The predicted octanol–water partition coefficient (Wildman–Crippen LogP) is 0.789. The first-order valence-corrected chi connectivity index (χ1v) is 11.5. The van der Waals surface area contributed by atoms with Crippen LogP contribution in [0.5, 0.6) is 0 Å². The lowest BCUT2D eigenvalue weighted by molar-refractivity contribution is -0.123. The van der Waals surface area contributed by atoms with E-state index in [0.717, 1.165) is 0 Å². The van der Waals surface area contributed by atoms with Crippen molar-refractivity contribution < 1.29 is 28.2 Å². The molecule has 0 spiro atoms. The van der Waals surface area contributed by atoms with Gasteiger partial charge in [-0.05, 0) is 17.5 Å². The molecule has 1 aliphatic heterocycles. The van der Waals surface area contributed by atoms with E-state index in [1.807, 2.05) is 6.07 Å². The summed E-state index contributed by atoms with van der Waals surface area (Å²) in [6.45, 7) is 1.28. The van der Waals surface area contributed by atoms with Crippen molar-refractivity contribution in [3.63, 3.8) is 0 Å². The molecule has 2 heterocycles. The van der Waals surface area contributed by atoms with E-state index in [0.29, 0.717) is 5.56 Å². The lowest BCUT2D eigenvalue weighted by Gasteiger charge is -2.39. The van der Waals surface area contributed by atoms with Crippen molar-refractivity contribution in [3.8, 4) is 6.07 Å². The summed E-state index contributed by atoms with van der Waals surface area (Å²) in [5, 5.41) is 28.7. The van der Waals surface area contributed by atoms with E-state index in [-0.39, 0.29) is 53.5 Å². The van der Waals surface area contributed by atoms with E-state index in [4.69, 9.17) is 0 Å². The Morgan fingerprint density at radius 2 is 1.94 bits per heavy atom. The molecule has 1 aromatic heterocycles. The van der Waals surface area contributed by atoms with Gasteiger partial charge < -0.3 is 15.1 Å². The molecule has 32 heavy (non-hydrogen) atoms. The number of anilines is 1. The zero-order valence-electron chi connectivity index (χ0n) is 17.3. The topological polar surface area (TPSA) is 161 Å². The monoisotopic (exact) mass is 458 g/mol. The number of aromatic carboxylic acids is 1. The van der Waals surface area contributed by atoms with Crippen LogP contribution < -0.4 is 9.62 Å². The number of carboxylic acid groups (broad SMARTS) is 1. The molecule has 10 nitrogen and oxygen atoms in total. The summed E-state index contributed by atoms with van der Waals surface area (Å²) in [6, 6.07) is 10.4. The van der Waals surface area contributed by atoms with Gasteiger partial charge in [0.2, 0.25) is 15.9 Å². The summed E-state index contributed by atoms with van der Waals surface area (Å²) in [5.74, 6) is -2.74. The summed E-state index contributed by atoms with van der Waals surface area (Å²) >= 11 is 0. The Bertz CT molecular complexity index is 1190. The number of benzene rings is 1. The number of pyridine rings is 1. The molecule has 0 atom stereocenters. The van der Waals surface area contributed by atoms with Crippen molar-refractivity contribution in [1.29, 1.82) is 5.26 Å². The largest absolute Gasteiger partial charge is 0.478 e. The first kappa shape index (κ1) is 23.2. The normalized spacial score (nSPS) is 13.8. The summed E-state index contributed by atoms with van der Waals surface area (Å²) < 4.78 is 26.7. The number of nitrogens with one attached hydrogen (secondary N) is 1. The fourth-order valence-corrected chi connectivity index (χ4v) is 4.80.